The summed E-state index contributed by atoms with van der Waals surface area (Å²) in [6.45, 7) is 0. The molecule has 0 atom stereocenters. The molecule has 5 nitrogen and oxygen atoms in total. The van der Waals surface area contributed by atoms with E-state index < -0.39 is 5.69 Å². The van der Waals surface area contributed by atoms with E-state index in [1.807, 2.05) is 6.07 Å². The van der Waals surface area contributed by atoms with Crippen LogP contribution in [0.4, 0.5) is 5.82 Å². The molecule has 0 aromatic carbocycles. The molecule has 1 aromatic heterocycles. The van der Waals surface area contributed by atoms with Crippen LogP contribution >= 0.6 is 0 Å². The average Bonchev–Trinajstić information content (AvgIpc) is 2.57. The summed E-state index contributed by atoms with van der Waals surface area (Å²) in [6.07, 6.45) is 7.21. The summed E-state index contributed by atoms with van der Waals surface area (Å²) >= 11 is 0. The van der Waals surface area contributed by atoms with E-state index in [1.165, 1.54) is 25.7 Å². The number of nitrogens with zero attached hydrogens (tertiary/aromatic N) is 2. The summed E-state index contributed by atoms with van der Waals surface area (Å²) in [5.41, 5.74) is -0.221. The highest BCUT2D eigenvalue weighted by atomic mass is 16.1. The van der Waals surface area contributed by atoms with Gasteiger partial charge in [-0.2, -0.15) is 10.2 Å². The Balaban J connectivity index is 2.09. The van der Waals surface area contributed by atoms with E-state index in [2.05, 4.69) is 15.3 Å². The highest BCUT2D eigenvalue weighted by molar-refractivity contribution is 5.39. The predicted octanol–water partition coefficient (Wildman–Crippen LogP) is 1.78. The van der Waals surface area contributed by atoms with Crippen molar-refractivity contribution in [3.05, 3.63) is 22.2 Å². The number of rotatable bonds is 2. The van der Waals surface area contributed by atoms with Crippen LogP contribution in [0.25, 0.3) is 0 Å². The molecule has 5 heteroatoms. The number of aromatic nitrogens is 2. The van der Waals surface area contributed by atoms with E-state index >= 15 is 0 Å². The summed E-state index contributed by atoms with van der Waals surface area (Å²) in [6, 6.07) is 3.89. The van der Waals surface area contributed by atoms with Crippen LogP contribution in [0.5, 0.6) is 0 Å². The fraction of sp³-hybridized carbons (Fsp3) is 0.583. The van der Waals surface area contributed by atoms with E-state index in [0.717, 1.165) is 12.8 Å². The number of anilines is 1. The first-order valence-electron chi connectivity index (χ1n) is 6.06. The number of nitrogens with one attached hydrogen (secondary N) is 2. The normalized spacial score (nSPS) is 17.1. The molecule has 1 aliphatic rings. The second-order valence-electron chi connectivity index (χ2n) is 4.43. The SMILES string of the molecule is N#Cc1cc(NC2CCCCCC2)nc(=O)[nH]1. The Morgan fingerprint density at radius 3 is 2.71 bits per heavy atom. The first-order chi connectivity index (χ1) is 8.28. The summed E-state index contributed by atoms with van der Waals surface area (Å²) < 4.78 is 0. The number of hydrogen-bond donors (Lipinski definition) is 2. The van der Waals surface area contributed by atoms with Crippen molar-refractivity contribution in [2.24, 2.45) is 0 Å². The van der Waals surface area contributed by atoms with Crippen molar-refractivity contribution in [3.63, 3.8) is 0 Å². The van der Waals surface area contributed by atoms with Crippen molar-refractivity contribution in [1.29, 1.82) is 5.26 Å². The second kappa shape index (κ2) is 5.48. The van der Waals surface area contributed by atoms with Crippen LogP contribution in [0.15, 0.2) is 10.9 Å². The monoisotopic (exact) mass is 232 g/mol. The van der Waals surface area contributed by atoms with Gasteiger partial charge in [-0.1, -0.05) is 25.7 Å². The third kappa shape index (κ3) is 3.31. The maximum atomic E-state index is 11.2. The van der Waals surface area contributed by atoms with E-state index in [0.29, 0.717) is 11.9 Å². The Morgan fingerprint density at radius 1 is 1.35 bits per heavy atom. The van der Waals surface area contributed by atoms with Crippen LogP contribution in [-0.4, -0.2) is 16.0 Å². The topological polar surface area (TPSA) is 81.6 Å². The van der Waals surface area contributed by atoms with Gasteiger partial charge in [0, 0.05) is 12.1 Å². The minimum absolute atomic E-state index is 0.251. The van der Waals surface area contributed by atoms with Gasteiger partial charge in [0.05, 0.1) is 0 Å². The molecule has 1 aliphatic carbocycles. The number of aromatic amines is 1. The fourth-order valence-corrected chi connectivity index (χ4v) is 2.22. The summed E-state index contributed by atoms with van der Waals surface area (Å²) in [7, 11) is 0. The molecule has 90 valence electrons. The maximum absolute atomic E-state index is 11.2. The van der Waals surface area contributed by atoms with Gasteiger partial charge < -0.3 is 5.32 Å². The molecule has 0 unspecified atom stereocenters. The van der Waals surface area contributed by atoms with Gasteiger partial charge in [-0.15, -0.1) is 0 Å². The Labute approximate surface area is 99.9 Å². The van der Waals surface area contributed by atoms with Crippen LogP contribution in [0.3, 0.4) is 0 Å². The van der Waals surface area contributed by atoms with E-state index in [-0.39, 0.29) is 5.69 Å². The van der Waals surface area contributed by atoms with Gasteiger partial charge in [0.1, 0.15) is 17.6 Å². The standard InChI is InChI=1S/C12H16N4O/c13-8-10-7-11(16-12(17)15-10)14-9-5-3-1-2-4-6-9/h7,9H,1-6H2,(H2,14,15,16,17). The van der Waals surface area contributed by atoms with Gasteiger partial charge >= 0.3 is 5.69 Å². The lowest BCUT2D eigenvalue weighted by Gasteiger charge is -2.16. The quantitative estimate of drug-likeness (QED) is 0.761. The van der Waals surface area contributed by atoms with Crippen molar-refractivity contribution in [3.8, 4) is 6.07 Å². The lowest BCUT2D eigenvalue weighted by Crippen LogP contribution is -2.22. The Morgan fingerprint density at radius 2 is 2.06 bits per heavy atom. The lowest BCUT2D eigenvalue weighted by molar-refractivity contribution is 0.617. The molecule has 0 aliphatic heterocycles. The molecule has 1 heterocycles. The molecule has 0 spiro atoms. The fourth-order valence-electron chi connectivity index (χ4n) is 2.22. The number of hydrogen-bond acceptors (Lipinski definition) is 4. The Bertz CT molecular complexity index is 466. The molecule has 0 bridgehead atoms. The molecule has 1 saturated carbocycles. The Kier molecular flexibility index (Phi) is 3.76. The molecular formula is C12H16N4O. The van der Waals surface area contributed by atoms with E-state index in [4.69, 9.17) is 5.26 Å². The molecule has 0 saturated heterocycles. The van der Waals surface area contributed by atoms with Crippen molar-refractivity contribution in [2.45, 2.75) is 44.6 Å². The Hall–Kier alpha value is -1.83. The first kappa shape index (κ1) is 11.6. The average molecular weight is 232 g/mol. The third-order valence-corrected chi connectivity index (χ3v) is 3.07. The smallest absolute Gasteiger partial charge is 0.347 e. The van der Waals surface area contributed by atoms with Gasteiger partial charge in [-0.25, -0.2) is 4.79 Å². The molecule has 1 aromatic rings. The minimum atomic E-state index is -0.472. The maximum Gasteiger partial charge on any atom is 0.347 e. The van der Waals surface area contributed by atoms with E-state index in [9.17, 15) is 4.79 Å². The van der Waals surface area contributed by atoms with Crippen LogP contribution in [-0.2, 0) is 0 Å². The highest BCUT2D eigenvalue weighted by Crippen LogP contribution is 2.19. The van der Waals surface area contributed by atoms with Gasteiger partial charge in [-0.3, -0.25) is 4.98 Å². The van der Waals surface area contributed by atoms with Crippen molar-refractivity contribution < 1.29 is 0 Å². The molecule has 2 rings (SSSR count). The second-order valence-corrected chi connectivity index (χ2v) is 4.43. The van der Waals surface area contributed by atoms with Gasteiger partial charge in [-0.05, 0) is 12.8 Å². The lowest BCUT2D eigenvalue weighted by atomic mass is 10.1. The summed E-state index contributed by atoms with van der Waals surface area (Å²) in [5.74, 6) is 0.511. The van der Waals surface area contributed by atoms with Crippen molar-refractivity contribution in [1.82, 2.24) is 9.97 Å². The first-order valence-corrected chi connectivity index (χ1v) is 6.06. The minimum Gasteiger partial charge on any atom is -0.367 e. The number of nitriles is 1. The van der Waals surface area contributed by atoms with Gasteiger partial charge in [0.15, 0.2) is 0 Å². The number of H-pyrrole nitrogens is 1. The molecule has 0 radical (unpaired) electrons. The largest absolute Gasteiger partial charge is 0.367 e. The van der Waals surface area contributed by atoms with Gasteiger partial charge in [0.2, 0.25) is 0 Å². The van der Waals surface area contributed by atoms with E-state index in [1.54, 1.807) is 6.07 Å². The molecule has 2 N–H and O–H groups in total. The third-order valence-electron chi connectivity index (χ3n) is 3.07. The zero-order chi connectivity index (χ0) is 12.1. The van der Waals surface area contributed by atoms with Gasteiger partial charge in [0.25, 0.3) is 0 Å². The summed E-state index contributed by atoms with van der Waals surface area (Å²) in [4.78, 5) is 17.4. The van der Waals surface area contributed by atoms with Crippen molar-refractivity contribution >= 4 is 5.82 Å². The molecule has 1 fully saturated rings. The summed E-state index contributed by atoms with van der Waals surface area (Å²) in [5, 5.41) is 12.0. The molecule has 17 heavy (non-hydrogen) atoms. The zero-order valence-corrected chi connectivity index (χ0v) is 9.70. The van der Waals surface area contributed by atoms with Crippen LogP contribution in [0.2, 0.25) is 0 Å². The zero-order valence-electron chi connectivity index (χ0n) is 9.70. The highest BCUT2D eigenvalue weighted by Gasteiger charge is 2.12. The molecular weight excluding hydrogens is 216 g/mol. The van der Waals surface area contributed by atoms with Crippen LogP contribution in [0, 0.1) is 11.3 Å². The molecule has 0 amide bonds. The van der Waals surface area contributed by atoms with Crippen LogP contribution in [0.1, 0.15) is 44.2 Å². The van der Waals surface area contributed by atoms with Crippen molar-refractivity contribution in [2.75, 3.05) is 5.32 Å². The predicted molar refractivity (Wildman–Crippen MR) is 64.7 cm³/mol. The van der Waals surface area contributed by atoms with Crippen LogP contribution < -0.4 is 11.0 Å².